The quantitative estimate of drug-likeness (QED) is 0.309. The molecule has 1 aliphatic heterocycles. The van der Waals surface area contributed by atoms with E-state index >= 15 is 0 Å². The zero-order valence-electron chi connectivity index (χ0n) is 21.8. The Kier molecular flexibility index (Phi) is 9.59. The van der Waals surface area contributed by atoms with Gasteiger partial charge in [0.05, 0.1) is 16.8 Å². The number of hydrogen-bond donors (Lipinski definition) is 4. The average molecular weight is 587 g/mol. The number of alkyl halides is 3. The van der Waals surface area contributed by atoms with E-state index in [1.165, 1.54) is 6.07 Å². The highest BCUT2D eigenvalue weighted by Gasteiger charge is 2.38. The molecule has 1 aliphatic rings. The largest absolute Gasteiger partial charge is 0.490 e. The Morgan fingerprint density at radius 2 is 1.80 bits per heavy atom. The molecule has 3 aromatic rings. The first kappa shape index (κ1) is 31.0. The van der Waals surface area contributed by atoms with Crippen molar-refractivity contribution in [2.75, 3.05) is 25.9 Å². The second-order valence-corrected chi connectivity index (χ2v) is 11.5. The van der Waals surface area contributed by atoms with Crippen LogP contribution in [0.2, 0.25) is 0 Å². The third-order valence-electron chi connectivity index (χ3n) is 6.70. The first-order valence-electron chi connectivity index (χ1n) is 12.4. The SMILES string of the molecule is CCS(=O)(=O)N1CCC(c2c[nH]c3c(C(N)=O)cc(-c4cc(CNC)ccc4F)cc23)CC1.O=C(O)C(F)(F)F. The van der Waals surface area contributed by atoms with Gasteiger partial charge in [-0.15, -0.1) is 0 Å². The number of aliphatic carboxylic acids is 1. The van der Waals surface area contributed by atoms with Gasteiger partial charge in [0.15, 0.2) is 0 Å². The molecule has 0 atom stereocenters. The summed E-state index contributed by atoms with van der Waals surface area (Å²) in [6, 6.07) is 8.45. The van der Waals surface area contributed by atoms with Crippen LogP contribution in [0.4, 0.5) is 17.6 Å². The van der Waals surface area contributed by atoms with E-state index in [0.717, 1.165) is 16.5 Å². The molecule has 0 saturated carbocycles. The molecular formula is C26H30F4N4O5S. The number of aromatic nitrogens is 1. The number of nitrogens with two attached hydrogens (primary N) is 1. The molecule has 0 radical (unpaired) electrons. The molecule has 14 heteroatoms. The summed E-state index contributed by atoms with van der Waals surface area (Å²) in [4.78, 5) is 24.3. The highest BCUT2D eigenvalue weighted by molar-refractivity contribution is 7.89. The van der Waals surface area contributed by atoms with Crippen molar-refractivity contribution < 1.29 is 40.7 Å². The maximum absolute atomic E-state index is 14.8. The molecule has 9 nitrogen and oxygen atoms in total. The lowest BCUT2D eigenvalue weighted by Gasteiger charge is -2.31. The minimum absolute atomic E-state index is 0.0915. The van der Waals surface area contributed by atoms with E-state index in [1.807, 2.05) is 19.3 Å². The lowest BCUT2D eigenvalue weighted by molar-refractivity contribution is -0.192. The van der Waals surface area contributed by atoms with Crippen LogP contribution in [0, 0.1) is 5.82 Å². The van der Waals surface area contributed by atoms with Crippen LogP contribution >= 0.6 is 0 Å². The molecule has 1 fully saturated rings. The minimum atomic E-state index is -5.08. The highest BCUT2D eigenvalue weighted by atomic mass is 32.2. The number of sulfonamides is 1. The lowest BCUT2D eigenvalue weighted by atomic mass is 9.88. The van der Waals surface area contributed by atoms with Gasteiger partial charge in [0, 0.05) is 36.8 Å². The van der Waals surface area contributed by atoms with E-state index in [-0.39, 0.29) is 17.5 Å². The number of nitrogens with one attached hydrogen (secondary N) is 2. The predicted molar refractivity (Wildman–Crippen MR) is 142 cm³/mol. The number of piperidine rings is 1. The molecule has 1 saturated heterocycles. The molecule has 1 aromatic heterocycles. The fraction of sp³-hybridized carbons (Fsp3) is 0.385. The van der Waals surface area contributed by atoms with Crippen molar-refractivity contribution in [3.8, 4) is 11.1 Å². The summed E-state index contributed by atoms with van der Waals surface area (Å²) in [6.07, 6.45) is -1.87. The minimum Gasteiger partial charge on any atom is -0.475 e. The van der Waals surface area contributed by atoms with Gasteiger partial charge in [0.2, 0.25) is 10.0 Å². The fourth-order valence-electron chi connectivity index (χ4n) is 4.68. The summed E-state index contributed by atoms with van der Waals surface area (Å²) in [7, 11) is -1.39. The number of primary amides is 1. The third kappa shape index (κ3) is 6.98. The van der Waals surface area contributed by atoms with Gasteiger partial charge in [-0.1, -0.05) is 6.07 Å². The van der Waals surface area contributed by atoms with Gasteiger partial charge in [-0.25, -0.2) is 21.9 Å². The van der Waals surface area contributed by atoms with Crippen molar-refractivity contribution in [3.63, 3.8) is 0 Å². The van der Waals surface area contributed by atoms with Gasteiger partial charge in [-0.2, -0.15) is 13.2 Å². The summed E-state index contributed by atoms with van der Waals surface area (Å²) in [5.74, 6) is -3.51. The molecule has 2 heterocycles. The van der Waals surface area contributed by atoms with Gasteiger partial charge < -0.3 is 21.1 Å². The summed E-state index contributed by atoms with van der Waals surface area (Å²) in [5, 5.41) is 11.0. The molecule has 0 spiro atoms. The molecule has 1 amide bonds. The second-order valence-electron chi connectivity index (χ2n) is 9.28. The Labute approximate surface area is 228 Å². The first-order chi connectivity index (χ1) is 18.7. The summed E-state index contributed by atoms with van der Waals surface area (Å²) < 4.78 is 72.5. The van der Waals surface area contributed by atoms with Gasteiger partial charge in [-0.05, 0) is 73.7 Å². The number of carbonyl (C=O) groups excluding carboxylic acids is 1. The van der Waals surface area contributed by atoms with Crippen LogP contribution in [0.3, 0.4) is 0 Å². The molecule has 40 heavy (non-hydrogen) atoms. The first-order valence-corrected chi connectivity index (χ1v) is 14.0. The van der Waals surface area contributed by atoms with Gasteiger partial charge in [0.1, 0.15) is 5.82 Å². The van der Waals surface area contributed by atoms with Crippen LogP contribution in [0.5, 0.6) is 0 Å². The van der Waals surface area contributed by atoms with E-state index in [2.05, 4.69) is 10.3 Å². The number of nitrogens with zero attached hydrogens (tertiary/aromatic N) is 1. The van der Waals surface area contributed by atoms with E-state index < -0.39 is 28.1 Å². The molecule has 0 bridgehead atoms. The van der Waals surface area contributed by atoms with Crippen LogP contribution in [0.15, 0.2) is 36.5 Å². The second kappa shape index (κ2) is 12.4. The Hall–Kier alpha value is -3.49. The fourth-order valence-corrected chi connectivity index (χ4v) is 5.81. The number of H-pyrrole nitrogens is 1. The average Bonchev–Trinajstić information content (AvgIpc) is 3.33. The molecular weight excluding hydrogens is 556 g/mol. The standard InChI is InChI=1S/C24H29FN4O3S.C2HF3O2/c1-3-33(31,32)29-8-6-16(7-9-29)21-14-28-23-19(21)11-17(12-20(23)24(26)30)18-10-15(13-27-2)4-5-22(18)25;3-2(4,5)1(6)7/h4-5,10-12,14,16,27-28H,3,6-9,13H2,1-2H3,(H2,26,30);(H,6,7). The maximum Gasteiger partial charge on any atom is 0.490 e. The Balaban J connectivity index is 0.000000559. The number of carbonyl (C=O) groups is 2. The van der Waals surface area contributed by atoms with Crippen molar-refractivity contribution in [1.29, 1.82) is 0 Å². The number of carboxylic acid groups (broad SMARTS) is 1. The number of carboxylic acids is 1. The Morgan fingerprint density at radius 3 is 2.33 bits per heavy atom. The van der Waals surface area contributed by atoms with Gasteiger partial charge in [-0.3, -0.25) is 4.79 Å². The van der Waals surface area contributed by atoms with Crippen molar-refractivity contribution in [2.45, 2.75) is 38.4 Å². The van der Waals surface area contributed by atoms with E-state index in [4.69, 9.17) is 15.6 Å². The zero-order valence-corrected chi connectivity index (χ0v) is 22.6. The van der Waals surface area contributed by atoms with Crippen molar-refractivity contribution >= 4 is 32.8 Å². The number of aromatic amines is 1. The van der Waals surface area contributed by atoms with Crippen LogP contribution in [0.25, 0.3) is 22.0 Å². The number of amides is 1. The normalized spacial score (nSPS) is 15.1. The van der Waals surface area contributed by atoms with E-state index in [1.54, 1.807) is 29.4 Å². The smallest absolute Gasteiger partial charge is 0.475 e. The van der Waals surface area contributed by atoms with Crippen molar-refractivity contribution in [1.82, 2.24) is 14.6 Å². The number of hydrogen-bond acceptors (Lipinski definition) is 5. The monoisotopic (exact) mass is 586 g/mol. The van der Waals surface area contributed by atoms with Crippen LogP contribution in [-0.2, 0) is 21.4 Å². The maximum atomic E-state index is 14.8. The number of fused-ring (bicyclic) bond motifs is 1. The van der Waals surface area contributed by atoms with Crippen LogP contribution < -0.4 is 11.1 Å². The van der Waals surface area contributed by atoms with Crippen molar-refractivity contribution in [2.24, 2.45) is 5.73 Å². The summed E-state index contributed by atoms with van der Waals surface area (Å²) in [5.41, 5.74) is 9.51. The molecule has 2 aromatic carbocycles. The number of rotatable bonds is 7. The lowest BCUT2D eigenvalue weighted by Crippen LogP contribution is -2.38. The van der Waals surface area contributed by atoms with Crippen molar-refractivity contribution in [3.05, 3.63) is 59.0 Å². The van der Waals surface area contributed by atoms with Gasteiger partial charge in [0.25, 0.3) is 5.91 Å². The van der Waals surface area contributed by atoms with E-state index in [0.29, 0.717) is 54.7 Å². The van der Waals surface area contributed by atoms with Crippen LogP contribution in [-0.4, -0.2) is 66.8 Å². The van der Waals surface area contributed by atoms with Crippen LogP contribution in [0.1, 0.15) is 47.2 Å². The Morgan fingerprint density at radius 1 is 1.18 bits per heavy atom. The number of halogens is 4. The molecule has 0 aliphatic carbocycles. The predicted octanol–water partition coefficient (Wildman–Crippen LogP) is 3.95. The topological polar surface area (TPSA) is 146 Å². The third-order valence-corrected chi connectivity index (χ3v) is 8.59. The molecule has 218 valence electrons. The molecule has 4 rings (SSSR count). The zero-order chi connectivity index (χ0) is 29.8. The molecule has 0 unspecified atom stereocenters. The summed E-state index contributed by atoms with van der Waals surface area (Å²) >= 11 is 0. The number of benzene rings is 2. The molecule has 5 N–H and O–H groups in total. The van der Waals surface area contributed by atoms with E-state index in [9.17, 15) is 30.8 Å². The Bertz CT molecular complexity index is 1500. The summed E-state index contributed by atoms with van der Waals surface area (Å²) in [6.45, 7) is 3.15. The highest BCUT2D eigenvalue weighted by Crippen LogP contribution is 2.37. The van der Waals surface area contributed by atoms with Gasteiger partial charge >= 0.3 is 12.1 Å².